The van der Waals surface area contributed by atoms with Crippen molar-refractivity contribution in [3.63, 3.8) is 0 Å². The van der Waals surface area contributed by atoms with E-state index in [0.717, 1.165) is 19.3 Å². The molecule has 1 aromatic rings. The maximum atomic E-state index is 12.5. The summed E-state index contributed by atoms with van der Waals surface area (Å²) in [4.78, 5) is 24.4. The van der Waals surface area contributed by atoms with E-state index in [0.29, 0.717) is 0 Å². The third kappa shape index (κ3) is 4.08. The van der Waals surface area contributed by atoms with Gasteiger partial charge in [0.25, 0.3) is 0 Å². The Balaban J connectivity index is 2.04. The van der Waals surface area contributed by atoms with E-state index >= 15 is 0 Å². The number of fused-ring (bicyclic) bond motifs is 1. The monoisotopic (exact) mass is 442 g/mol. The number of methoxy groups -OCH3 is 1. The molecule has 1 fully saturated rings. The van der Waals surface area contributed by atoms with Crippen molar-refractivity contribution in [1.29, 1.82) is 0 Å². The summed E-state index contributed by atoms with van der Waals surface area (Å²) in [5.74, 6) is -4.19. The van der Waals surface area contributed by atoms with Crippen LogP contribution >= 0.6 is 0 Å². The molecular weight excluding hydrogens is 420 g/mol. The number of carbonyl (C=O) groups is 2. The SMILES string of the molecule is COC(=O)C1=Cc2cc(O[C@@H]3O[C@H](CO)[C@@H](O)[C@H](O)[C@H]3O)c(O)c(O)c2C(=O)C(O)C1. The number of hydrogen-bond donors (Lipinski definition) is 7. The van der Waals surface area contributed by atoms with Gasteiger partial charge in [0.2, 0.25) is 12.0 Å². The summed E-state index contributed by atoms with van der Waals surface area (Å²) < 4.78 is 15.1. The van der Waals surface area contributed by atoms with Crippen molar-refractivity contribution < 1.29 is 59.5 Å². The number of ketones is 1. The first-order valence-corrected chi connectivity index (χ1v) is 9.17. The minimum atomic E-state index is -1.80. The highest BCUT2D eigenvalue weighted by Crippen LogP contribution is 2.44. The molecule has 31 heavy (non-hydrogen) atoms. The summed E-state index contributed by atoms with van der Waals surface area (Å²) in [6.07, 6.45) is -9.10. The number of ether oxygens (including phenoxy) is 3. The van der Waals surface area contributed by atoms with Crippen LogP contribution < -0.4 is 4.74 Å². The number of phenolic OH excluding ortho intramolecular Hbond substituents is 2. The van der Waals surface area contributed by atoms with Crippen molar-refractivity contribution in [2.45, 2.75) is 43.2 Å². The normalized spacial score (nSPS) is 30.8. The zero-order valence-electron chi connectivity index (χ0n) is 16.2. The second kappa shape index (κ2) is 8.78. The molecule has 12 heteroatoms. The van der Waals surface area contributed by atoms with Crippen molar-refractivity contribution in [3.8, 4) is 17.2 Å². The summed E-state index contributed by atoms with van der Waals surface area (Å²) >= 11 is 0. The Kier molecular flexibility index (Phi) is 6.50. The molecule has 1 heterocycles. The van der Waals surface area contributed by atoms with Crippen LogP contribution in [0.15, 0.2) is 11.6 Å². The molecule has 170 valence electrons. The number of benzene rings is 1. The summed E-state index contributed by atoms with van der Waals surface area (Å²) in [6.45, 7) is -0.718. The van der Waals surface area contributed by atoms with E-state index in [9.17, 15) is 45.3 Å². The largest absolute Gasteiger partial charge is 0.504 e. The first kappa shape index (κ1) is 22.9. The van der Waals surface area contributed by atoms with Crippen molar-refractivity contribution in [2.75, 3.05) is 13.7 Å². The Morgan fingerprint density at radius 1 is 1.13 bits per heavy atom. The minimum absolute atomic E-state index is 0.0917. The predicted molar refractivity (Wildman–Crippen MR) is 99.1 cm³/mol. The zero-order chi connectivity index (χ0) is 23.0. The van der Waals surface area contributed by atoms with Gasteiger partial charge in [-0.15, -0.1) is 0 Å². The van der Waals surface area contributed by atoms with E-state index < -0.39 is 84.4 Å². The predicted octanol–water partition coefficient (Wildman–Crippen LogP) is -2.22. The van der Waals surface area contributed by atoms with Gasteiger partial charge in [-0.1, -0.05) is 0 Å². The summed E-state index contributed by atoms with van der Waals surface area (Å²) in [5, 5.41) is 69.8. The van der Waals surface area contributed by atoms with Crippen LogP contribution in [0.3, 0.4) is 0 Å². The Hall–Kier alpha value is -2.74. The molecule has 2 aliphatic rings. The van der Waals surface area contributed by atoms with E-state index in [-0.39, 0.29) is 11.1 Å². The Morgan fingerprint density at radius 3 is 2.42 bits per heavy atom. The maximum absolute atomic E-state index is 12.5. The van der Waals surface area contributed by atoms with E-state index in [1.165, 1.54) is 0 Å². The Bertz CT molecular complexity index is 908. The molecule has 1 aromatic carbocycles. The van der Waals surface area contributed by atoms with E-state index in [1.54, 1.807) is 0 Å². The molecular formula is C19H22O12. The Morgan fingerprint density at radius 2 is 1.81 bits per heavy atom. The highest BCUT2D eigenvalue weighted by atomic mass is 16.7. The van der Waals surface area contributed by atoms with Gasteiger partial charge in [-0.2, -0.15) is 0 Å². The lowest BCUT2D eigenvalue weighted by atomic mass is 9.98. The molecule has 0 aromatic heterocycles. The molecule has 0 spiro atoms. The maximum Gasteiger partial charge on any atom is 0.333 e. The topological polar surface area (TPSA) is 203 Å². The van der Waals surface area contributed by atoms with Crippen LogP contribution in [0.25, 0.3) is 6.08 Å². The molecule has 3 rings (SSSR count). The van der Waals surface area contributed by atoms with E-state index in [1.807, 2.05) is 0 Å². The number of aromatic hydroxyl groups is 2. The van der Waals surface area contributed by atoms with Crippen molar-refractivity contribution >= 4 is 17.8 Å². The fraction of sp³-hybridized carbons (Fsp3) is 0.474. The van der Waals surface area contributed by atoms with Crippen LogP contribution in [-0.4, -0.2) is 98.0 Å². The molecule has 1 aliphatic heterocycles. The standard InChI is InChI=1S/C19H22O12/c1-29-18(28)7-2-6-4-9(13(23)15(25)11(6)12(22)8(21)3-7)30-19-17(27)16(26)14(24)10(5-20)31-19/h2,4,8,10,14,16-17,19-21,23-27H,3,5H2,1H3/t8?,10-,14-,16+,17-,19-/m1/s1. The summed E-state index contributed by atoms with van der Waals surface area (Å²) in [5.41, 5.74) is -0.659. The molecule has 1 aliphatic carbocycles. The van der Waals surface area contributed by atoms with Gasteiger partial charge < -0.3 is 50.0 Å². The quantitative estimate of drug-likeness (QED) is 0.196. The van der Waals surface area contributed by atoms with Gasteiger partial charge in [0.15, 0.2) is 17.3 Å². The van der Waals surface area contributed by atoms with Crippen LogP contribution in [0.5, 0.6) is 17.2 Å². The van der Waals surface area contributed by atoms with Gasteiger partial charge in [-0.25, -0.2) is 4.79 Å². The fourth-order valence-corrected chi connectivity index (χ4v) is 3.39. The van der Waals surface area contributed by atoms with Crippen LogP contribution in [0.1, 0.15) is 22.3 Å². The number of carbonyl (C=O) groups excluding carboxylic acids is 2. The number of hydrogen-bond acceptors (Lipinski definition) is 12. The van der Waals surface area contributed by atoms with Gasteiger partial charge in [0.05, 0.1) is 19.3 Å². The zero-order valence-corrected chi connectivity index (χ0v) is 16.2. The van der Waals surface area contributed by atoms with Crippen LogP contribution in [0.2, 0.25) is 0 Å². The third-order valence-electron chi connectivity index (χ3n) is 5.10. The molecule has 12 nitrogen and oxygen atoms in total. The second-order valence-corrected chi connectivity index (χ2v) is 7.10. The summed E-state index contributed by atoms with van der Waals surface area (Å²) in [6, 6.07) is 1.05. The lowest BCUT2D eigenvalue weighted by Gasteiger charge is -2.39. The average molecular weight is 442 g/mol. The van der Waals surface area contributed by atoms with Gasteiger partial charge in [0.1, 0.15) is 30.5 Å². The highest BCUT2D eigenvalue weighted by Gasteiger charge is 2.45. The van der Waals surface area contributed by atoms with Gasteiger partial charge in [-0.05, 0) is 17.7 Å². The lowest BCUT2D eigenvalue weighted by molar-refractivity contribution is -0.277. The first-order chi connectivity index (χ1) is 14.6. The molecule has 0 saturated carbocycles. The van der Waals surface area contributed by atoms with Crippen molar-refractivity contribution in [2.24, 2.45) is 0 Å². The van der Waals surface area contributed by atoms with Crippen molar-refractivity contribution in [3.05, 3.63) is 22.8 Å². The van der Waals surface area contributed by atoms with Gasteiger partial charge in [-0.3, -0.25) is 4.79 Å². The van der Waals surface area contributed by atoms with Gasteiger partial charge in [0, 0.05) is 12.0 Å². The van der Waals surface area contributed by atoms with E-state index in [2.05, 4.69) is 4.74 Å². The van der Waals surface area contributed by atoms with E-state index in [4.69, 9.17) is 9.47 Å². The lowest BCUT2D eigenvalue weighted by Crippen LogP contribution is -2.60. The summed E-state index contributed by atoms with van der Waals surface area (Å²) in [7, 11) is 1.10. The number of aliphatic hydroxyl groups is 5. The molecule has 0 amide bonds. The molecule has 6 atom stereocenters. The second-order valence-electron chi connectivity index (χ2n) is 7.10. The van der Waals surface area contributed by atoms with Crippen LogP contribution in [0, 0.1) is 0 Å². The molecule has 1 saturated heterocycles. The fourth-order valence-electron chi connectivity index (χ4n) is 3.39. The number of esters is 1. The number of aliphatic hydroxyl groups excluding tert-OH is 5. The highest BCUT2D eigenvalue weighted by molar-refractivity contribution is 6.09. The number of rotatable bonds is 4. The van der Waals surface area contributed by atoms with Crippen molar-refractivity contribution in [1.82, 2.24) is 0 Å². The smallest absolute Gasteiger partial charge is 0.333 e. The van der Waals surface area contributed by atoms with Crippen LogP contribution in [-0.2, 0) is 14.3 Å². The molecule has 0 radical (unpaired) electrons. The third-order valence-corrected chi connectivity index (χ3v) is 5.10. The minimum Gasteiger partial charge on any atom is -0.504 e. The molecule has 0 bridgehead atoms. The first-order valence-electron chi connectivity index (χ1n) is 9.17. The number of Topliss-reactive ketones (excluding diaryl/α,β-unsaturated/α-hetero) is 1. The Labute approximate surface area is 175 Å². The molecule has 1 unspecified atom stereocenters. The number of phenols is 2. The molecule has 7 N–H and O–H groups in total. The van der Waals surface area contributed by atoms with Crippen LogP contribution in [0.4, 0.5) is 0 Å². The van der Waals surface area contributed by atoms with Gasteiger partial charge >= 0.3 is 5.97 Å². The average Bonchev–Trinajstić information content (AvgIpc) is 2.87.